The summed E-state index contributed by atoms with van der Waals surface area (Å²) in [5, 5.41) is 1.43. The first-order valence-electron chi connectivity index (χ1n) is 6.00. The lowest BCUT2D eigenvalue weighted by atomic mass is 10.0. The number of halogens is 3. The molecule has 0 spiro atoms. The van der Waals surface area contributed by atoms with Crippen molar-refractivity contribution in [3.8, 4) is 0 Å². The van der Waals surface area contributed by atoms with Crippen molar-refractivity contribution in [2.75, 3.05) is 12.8 Å². The summed E-state index contributed by atoms with van der Waals surface area (Å²) in [5.41, 5.74) is 5.72. The number of nitrogen functional groups attached to an aromatic ring is 1. The molecular weight excluding hydrogens is 305 g/mol. The third kappa shape index (κ3) is 4.47. The number of amides is 1. The summed E-state index contributed by atoms with van der Waals surface area (Å²) in [6.07, 6.45) is -5.89. The molecule has 0 fully saturated rings. The Morgan fingerprint density at radius 1 is 1.27 bits per heavy atom. The summed E-state index contributed by atoms with van der Waals surface area (Å²) < 4.78 is 41.0. The molecule has 0 saturated heterocycles. The molecule has 6 nitrogen and oxygen atoms in total. The van der Waals surface area contributed by atoms with E-state index in [2.05, 4.69) is 4.74 Å². The lowest BCUT2D eigenvalue weighted by Gasteiger charge is -2.17. The highest BCUT2D eigenvalue weighted by atomic mass is 19.4. The fourth-order valence-corrected chi connectivity index (χ4v) is 1.62. The molecule has 0 aliphatic rings. The second-order valence-corrected chi connectivity index (χ2v) is 4.26. The smallest absolute Gasteiger partial charge is 0.467 e. The van der Waals surface area contributed by atoms with Crippen molar-refractivity contribution in [3.63, 3.8) is 0 Å². The molecular formula is C13H13F3N2O4. The molecule has 1 amide bonds. The molecule has 1 rings (SSSR count). The lowest BCUT2D eigenvalue weighted by Crippen LogP contribution is -2.48. The van der Waals surface area contributed by atoms with E-state index in [0.29, 0.717) is 0 Å². The summed E-state index contributed by atoms with van der Waals surface area (Å²) in [4.78, 5) is 34.3. The van der Waals surface area contributed by atoms with Gasteiger partial charge in [-0.05, 0) is 12.1 Å². The molecule has 22 heavy (non-hydrogen) atoms. The van der Waals surface area contributed by atoms with Crippen LogP contribution in [0.4, 0.5) is 18.9 Å². The molecule has 0 aliphatic carbocycles. The topological polar surface area (TPSA) is 98.5 Å². The Kier molecular flexibility index (Phi) is 5.50. The van der Waals surface area contributed by atoms with Crippen molar-refractivity contribution < 1.29 is 32.3 Å². The van der Waals surface area contributed by atoms with E-state index in [1.54, 1.807) is 6.07 Å². The minimum Gasteiger partial charge on any atom is -0.467 e. The molecule has 1 aromatic carbocycles. The van der Waals surface area contributed by atoms with Crippen molar-refractivity contribution in [3.05, 3.63) is 29.8 Å². The minimum absolute atomic E-state index is 0.0395. The Morgan fingerprint density at radius 3 is 2.36 bits per heavy atom. The molecule has 120 valence electrons. The maximum atomic E-state index is 12.2. The molecule has 0 radical (unpaired) electrons. The van der Waals surface area contributed by atoms with Gasteiger partial charge in [-0.25, -0.2) is 4.79 Å². The van der Waals surface area contributed by atoms with Gasteiger partial charge in [-0.2, -0.15) is 13.2 Å². The van der Waals surface area contributed by atoms with Crippen molar-refractivity contribution in [1.29, 1.82) is 0 Å². The Morgan fingerprint density at radius 2 is 1.86 bits per heavy atom. The average molecular weight is 318 g/mol. The van der Waals surface area contributed by atoms with Crippen LogP contribution in [0.3, 0.4) is 0 Å². The van der Waals surface area contributed by atoms with Crippen LogP contribution in [-0.2, 0) is 14.3 Å². The van der Waals surface area contributed by atoms with Gasteiger partial charge in [0.2, 0.25) is 0 Å². The number of para-hydroxylation sites is 1. The van der Waals surface area contributed by atoms with E-state index < -0.39 is 36.3 Å². The van der Waals surface area contributed by atoms with E-state index in [9.17, 15) is 27.6 Å². The number of alkyl halides is 3. The Hall–Kier alpha value is -2.58. The predicted molar refractivity (Wildman–Crippen MR) is 69.8 cm³/mol. The fraction of sp³-hybridized carbons (Fsp3) is 0.308. The van der Waals surface area contributed by atoms with E-state index in [1.165, 1.54) is 23.5 Å². The zero-order valence-corrected chi connectivity index (χ0v) is 11.4. The molecule has 1 atom stereocenters. The molecule has 0 bridgehead atoms. The largest absolute Gasteiger partial charge is 0.471 e. The molecule has 0 heterocycles. The van der Waals surface area contributed by atoms with Crippen LogP contribution in [0.1, 0.15) is 16.8 Å². The van der Waals surface area contributed by atoms with E-state index >= 15 is 0 Å². The van der Waals surface area contributed by atoms with Crippen LogP contribution in [0, 0.1) is 0 Å². The highest BCUT2D eigenvalue weighted by molar-refractivity contribution is 6.03. The first-order valence-corrected chi connectivity index (χ1v) is 6.00. The number of carbonyl (C=O) groups is 3. The Bertz CT molecular complexity index is 587. The van der Waals surface area contributed by atoms with Gasteiger partial charge in [-0.1, -0.05) is 12.1 Å². The maximum absolute atomic E-state index is 12.2. The molecule has 9 heteroatoms. The highest BCUT2D eigenvalue weighted by Crippen LogP contribution is 2.17. The molecule has 0 aliphatic heterocycles. The number of Topliss-reactive ketones (excluding diaryl/α,β-unsaturated/α-hetero) is 1. The number of benzene rings is 1. The van der Waals surface area contributed by atoms with Gasteiger partial charge in [0, 0.05) is 17.7 Å². The van der Waals surface area contributed by atoms with Gasteiger partial charge < -0.3 is 15.8 Å². The van der Waals surface area contributed by atoms with E-state index in [0.717, 1.165) is 7.11 Å². The van der Waals surface area contributed by atoms with Crippen LogP contribution in [0.15, 0.2) is 24.3 Å². The van der Waals surface area contributed by atoms with Crippen LogP contribution in [0.5, 0.6) is 0 Å². The minimum atomic E-state index is -5.18. The van der Waals surface area contributed by atoms with Gasteiger partial charge >= 0.3 is 18.1 Å². The molecule has 3 N–H and O–H groups in total. The number of ketones is 1. The lowest BCUT2D eigenvalue weighted by molar-refractivity contribution is -0.175. The van der Waals surface area contributed by atoms with E-state index in [-0.39, 0.29) is 11.3 Å². The number of hydrogen-bond donors (Lipinski definition) is 2. The van der Waals surface area contributed by atoms with Crippen LogP contribution in [-0.4, -0.2) is 37.0 Å². The van der Waals surface area contributed by atoms with Crippen LogP contribution in [0.2, 0.25) is 0 Å². The van der Waals surface area contributed by atoms with Gasteiger partial charge in [0.05, 0.1) is 7.11 Å². The summed E-state index contributed by atoms with van der Waals surface area (Å²) in [6.45, 7) is 0. The second-order valence-electron chi connectivity index (χ2n) is 4.26. The van der Waals surface area contributed by atoms with Gasteiger partial charge in [0.25, 0.3) is 0 Å². The summed E-state index contributed by atoms with van der Waals surface area (Å²) in [5.74, 6) is -4.20. The number of anilines is 1. The first-order chi connectivity index (χ1) is 10.2. The zero-order chi connectivity index (χ0) is 16.9. The first kappa shape index (κ1) is 17.5. The van der Waals surface area contributed by atoms with Gasteiger partial charge in [0.15, 0.2) is 5.78 Å². The zero-order valence-electron chi connectivity index (χ0n) is 11.4. The van der Waals surface area contributed by atoms with Crippen molar-refractivity contribution in [2.24, 2.45) is 0 Å². The number of nitrogens with one attached hydrogen (secondary N) is 1. The molecule has 0 saturated carbocycles. The van der Waals surface area contributed by atoms with Crippen molar-refractivity contribution in [1.82, 2.24) is 5.32 Å². The van der Waals surface area contributed by atoms with Gasteiger partial charge in [-0.3, -0.25) is 9.59 Å². The third-order valence-corrected chi connectivity index (χ3v) is 2.70. The quantitative estimate of drug-likeness (QED) is 0.480. The average Bonchev–Trinajstić information content (AvgIpc) is 2.44. The normalized spacial score (nSPS) is 12.4. The molecule has 1 unspecified atom stereocenters. The van der Waals surface area contributed by atoms with Crippen LogP contribution >= 0.6 is 0 Å². The standard InChI is InChI=1S/C13H13F3N2O4/c1-22-11(20)9(18-12(21)13(14,15)16)6-10(19)7-4-2-3-5-8(7)17/h2-5,9H,6,17H2,1H3,(H,18,21). The van der Waals surface area contributed by atoms with E-state index in [1.807, 2.05) is 0 Å². The second kappa shape index (κ2) is 6.92. The third-order valence-electron chi connectivity index (χ3n) is 2.70. The number of rotatable bonds is 5. The van der Waals surface area contributed by atoms with Crippen LogP contribution in [0.25, 0.3) is 0 Å². The van der Waals surface area contributed by atoms with Crippen molar-refractivity contribution in [2.45, 2.75) is 18.6 Å². The van der Waals surface area contributed by atoms with Gasteiger partial charge in [-0.15, -0.1) is 0 Å². The predicted octanol–water partition coefficient (Wildman–Crippen LogP) is 1.06. The van der Waals surface area contributed by atoms with Crippen LogP contribution < -0.4 is 11.1 Å². The number of esters is 1. The Balaban J connectivity index is 2.91. The SMILES string of the molecule is COC(=O)C(CC(=O)c1ccccc1N)NC(=O)C(F)(F)F. The number of ether oxygens (including phenoxy) is 1. The van der Waals surface area contributed by atoms with E-state index in [4.69, 9.17) is 5.73 Å². The Labute approximate surface area is 123 Å². The number of carbonyl (C=O) groups excluding carboxylic acids is 3. The number of nitrogens with two attached hydrogens (primary N) is 1. The maximum Gasteiger partial charge on any atom is 0.471 e. The van der Waals surface area contributed by atoms with Crippen molar-refractivity contribution >= 4 is 23.3 Å². The molecule has 0 aromatic heterocycles. The summed E-state index contributed by atoms with van der Waals surface area (Å²) >= 11 is 0. The highest BCUT2D eigenvalue weighted by Gasteiger charge is 2.41. The summed E-state index contributed by atoms with van der Waals surface area (Å²) in [7, 11) is 0.927. The molecule has 1 aromatic rings. The van der Waals surface area contributed by atoms with Gasteiger partial charge in [0.1, 0.15) is 6.04 Å². The summed E-state index contributed by atoms with van der Waals surface area (Å²) in [6, 6.07) is 4.10. The monoisotopic (exact) mass is 318 g/mol. The fourth-order valence-electron chi connectivity index (χ4n) is 1.62. The number of methoxy groups -OCH3 is 1. The number of hydrogen-bond acceptors (Lipinski definition) is 5.